The van der Waals surface area contributed by atoms with Gasteiger partial charge in [0.25, 0.3) is 11.7 Å². The Balaban J connectivity index is 1.94. The molecule has 3 aromatic rings. The van der Waals surface area contributed by atoms with Gasteiger partial charge in [0.15, 0.2) is 11.5 Å². The fourth-order valence-corrected chi connectivity index (χ4v) is 4.91. The molecule has 0 saturated carbocycles. The first-order valence-corrected chi connectivity index (χ1v) is 13.1. The Morgan fingerprint density at radius 3 is 2.15 bits per heavy atom. The van der Waals surface area contributed by atoms with E-state index in [1.165, 1.54) is 19.1 Å². The van der Waals surface area contributed by atoms with Crippen LogP contribution in [0.5, 0.6) is 17.2 Å². The topological polar surface area (TPSA) is 85.3 Å². The van der Waals surface area contributed by atoms with Crippen molar-refractivity contribution >= 4 is 23.1 Å². The lowest BCUT2D eigenvalue weighted by molar-refractivity contribution is -0.132. The maximum atomic E-state index is 13.6. The van der Waals surface area contributed by atoms with E-state index in [9.17, 15) is 14.7 Å². The van der Waals surface area contributed by atoms with Crippen LogP contribution in [0.2, 0.25) is 0 Å². The van der Waals surface area contributed by atoms with Gasteiger partial charge in [-0.1, -0.05) is 45.0 Å². The molecule has 1 amide bonds. The van der Waals surface area contributed by atoms with E-state index in [-0.39, 0.29) is 17.3 Å². The van der Waals surface area contributed by atoms with Crippen LogP contribution in [0.25, 0.3) is 5.76 Å². The third kappa shape index (κ3) is 5.21. The third-order valence-electron chi connectivity index (χ3n) is 7.00. The van der Waals surface area contributed by atoms with E-state index >= 15 is 0 Å². The zero-order valence-corrected chi connectivity index (χ0v) is 23.3. The number of rotatable bonds is 9. The molecule has 0 bridgehead atoms. The smallest absolute Gasteiger partial charge is 0.300 e. The molecule has 0 radical (unpaired) electrons. The van der Waals surface area contributed by atoms with Crippen molar-refractivity contribution in [3.8, 4) is 17.2 Å². The molecule has 1 unspecified atom stereocenters. The molecule has 1 saturated heterocycles. The Kier molecular flexibility index (Phi) is 8.29. The van der Waals surface area contributed by atoms with Gasteiger partial charge in [-0.15, -0.1) is 0 Å². The number of amides is 1. The van der Waals surface area contributed by atoms with Crippen molar-refractivity contribution < 1.29 is 28.9 Å². The summed E-state index contributed by atoms with van der Waals surface area (Å²) in [7, 11) is 3.04. The summed E-state index contributed by atoms with van der Waals surface area (Å²) in [4.78, 5) is 28.6. The highest BCUT2D eigenvalue weighted by atomic mass is 16.5. The molecule has 1 N–H and O–H groups in total. The average Bonchev–Trinajstić information content (AvgIpc) is 3.22. The molecule has 4 rings (SSSR count). The highest BCUT2D eigenvalue weighted by molar-refractivity contribution is 6.51. The van der Waals surface area contributed by atoms with E-state index in [0.29, 0.717) is 34.9 Å². The Bertz CT molecular complexity index is 1410. The summed E-state index contributed by atoms with van der Waals surface area (Å²) in [5.41, 5.74) is 3.65. The van der Waals surface area contributed by atoms with Crippen LogP contribution < -0.4 is 19.1 Å². The number of Topliss-reactive ketones (excluding diaryl/α,β-unsaturated/α-hetero) is 1. The van der Waals surface area contributed by atoms with Crippen LogP contribution in [0.1, 0.15) is 61.9 Å². The Morgan fingerprint density at radius 2 is 1.56 bits per heavy atom. The molecule has 1 atom stereocenters. The number of hydrogen-bond acceptors (Lipinski definition) is 6. The van der Waals surface area contributed by atoms with Crippen molar-refractivity contribution in [1.29, 1.82) is 0 Å². The third-order valence-corrected chi connectivity index (χ3v) is 7.00. The van der Waals surface area contributed by atoms with E-state index in [4.69, 9.17) is 14.2 Å². The van der Waals surface area contributed by atoms with Crippen molar-refractivity contribution in [2.75, 3.05) is 25.7 Å². The summed E-state index contributed by atoms with van der Waals surface area (Å²) in [6, 6.07) is 17.3. The molecular formula is C32H35NO6. The number of ketones is 1. The molecule has 204 valence electrons. The van der Waals surface area contributed by atoms with E-state index < -0.39 is 17.7 Å². The quantitative estimate of drug-likeness (QED) is 0.196. The second-order valence-corrected chi connectivity index (χ2v) is 9.64. The molecule has 1 aliphatic heterocycles. The van der Waals surface area contributed by atoms with Gasteiger partial charge in [-0.3, -0.25) is 14.5 Å². The summed E-state index contributed by atoms with van der Waals surface area (Å²) in [5, 5.41) is 11.6. The van der Waals surface area contributed by atoms with E-state index in [0.717, 1.165) is 23.3 Å². The van der Waals surface area contributed by atoms with Crippen LogP contribution >= 0.6 is 0 Å². The number of carbonyl (C=O) groups excluding carboxylic acids is 2. The SMILES string of the molecule is CCOc1ccc(/C(O)=C2/C(=O)C(=O)N(c3ccc(OC)c(OC)c3)C2c2ccc(CC)cc2)cc1C(C)C. The number of hydrogen-bond donors (Lipinski definition) is 1. The lowest BCUT2D eigenvalue weighted by Gasteiger charge is -2.26. The lowest BCUT2D eigenvalue weighted by atomic mass is 9.92. The number of aryl methyl sites for hydroxylation is 1. The van der Waals surface area contributed by atoms with Gasteiger partial charge in [-0.05, 0) is 66.3 Å². The van der Waals surface area contributed by atoms with E-state index in [1.54, 1.807) is 30.3 Å². The van der Waals surface area contributed by atoms with Crippen LogP contribution in [0, 0.1) is 0 Å². The van der Waals surface area contributed by atoms with Gasteiger partial charge in [-0.2, -0.15) is 0 Å². The average molecular weight is 530 g/mol. The Hall–Kier alpha value is -4.26. The lowest BCUT2D eigenvalue weighted by Crippen LogP contribution is -2.29. The summed E-state index contributed by atoms with van der Waals surface area (Å²) in [5.74, 6) is 0.0378. The standard InChI is InChI=1S/C32H35NO6/c1-7-20-9-11-21(12-10-20)29-28(30(34)22-13-15-25(39-8-2)24(17-22)19(3)4)31(35)32(36)33(29)23-14-16-26(37-5)27(18-23)38-6/h9-19,29,34H,7-8H2,1-6H3/b30-28-. The summed E-state index contributed by atoms with van der Waals surface area (Å²) in [6.45, 7) is 8.55. The van der Waals surface area contributed by atoms with Crippen molar-refractivity contribution in [1.82, 2.24) is 0 Å². The van der Waals surface area contributed by atoms with Crippen LogP contribution in [0.4, 0.5) is 5.69 Å². The second-order valence-electron chi connectivity index (χ2n) is 9.64. The van der Waals surface area contributed by atoms with Gasteiger partial charge >= 0.3 is 0 Å². The number of nitrogens with zero attached hydrogens (tertiary/aromatic N) is 1. The summed E-state index contributed by atoms with van der Waals surface area (Å²) < 4.78 is 16.6. The predicted molar refractivity (Wildman–Crippen MR) is 152 cm³/mol. The molecular weight excluding hydrogens is 494 g/mol. The van der Waals surface area contributed by atoms with Gasteiger partial charge in [-0.25, -0.2) is 0 Å². The maximum absolute atomic E-state index is 13.6. The number of benzene rings is 3. The molecule has 7 heteroatoms. The molecule has 7 nitrogen and oxygen atoms in total. The van der Waals surface area contributed by atoms with Crippen molar-refractivity contribution in [2.45, 2.75) is 46.1 Å². The highest BCUT2D eigenvalue weighted by Gasteiger charge is 2.47. The predicted octanol–water partition coefficient (Wildman–Crippen LogP) is 6.41. The first kappa shape index (κ1) is 27.8. The molecule has 0 aliphatic carbocycles. The molecule has 3 aromatic carbocycles. The molecule has 0 spiro atoms. The highest BCUT2D eigenvalue weighted by Crippen LogP contribution is 2.44. The van der Waals surface area contributed by atoms with Crippen LogP contribution in [0.15, 0.2) is 66.2 Å². The first-order valence-electron chi connectivity index (χ1n) is 13.1. The monoisotopic (exact) mass is 529 g/mol. The Morgan fingerprint density at radius 1 is 0.897 bits per heavy atom. The van der Waals surface area contributed by atoms with Crippen LogP contribution in [-0.2, 0) is 16.0 Å². The van der Waals surface area contributed by atoms with Gasteiger partial charge < -0.3 is 19.3 Å². The zero-order chi connectivity index (χ0) is 28.3. The largest absolute Gasteiger partial charge is 0.507 e. The number of aliphatic hydroxyl groups is 1. The van der Waals surface area contributed by atoms with Gasteiger partial charge in [0.1, 0.15) is 11.5 Å². The fourth-order valence-electron chi connectivity index (χ4n) is 4.91. The molecule has 1 heterocycles. The second kappa shape index (κ2) is 11.6. The molecule has 1 fully saturated rings. The van der Waals surface area contributed by atoms with Gasteiger partial charge in [0.05, 0.1) is 32.4 Å². The first-order chi connectivity index (χ1) is 18.7. The molecule has 1 aliphatic rings. The number of methoxy groups -OCH3 is 2. The zero-order valence-electron chi connectivity index (χ0n) is 23.3. The number of aliphatic hydroxyl groups excluding tert-OH is 1. The van der Waals surface area contributed by atoms with E-state index in [2.05, 4.69) is 6.92 Å². The summed E-state index contributed by atoms with van der Waals surface area (Å²) >= 11 is 0. The number of anilines is 1. The maximum Gasteiger partial charge on any atom is 0.300 e. The Labute approximate surface area is 229 Å². The number of carbonyl (C=O) groups is 2. The van der Waals surface area contributed by atoms with E-state index in [1.807, 2.05) is 51.1 Å². The van der Waals surface area contributed by atoms with Crippen LogP contribution in [0.3, 0.4) is 0 Å². The van der Waals surface area contributed by atoms with Crippen LogP contribution in [-0.4, -0.2) is 37.6 Å². The van der Waals surface area contributed by atoms with Gasteiger partial charge in [0.2, 0.25) is 0 Å². The number of ether oxygens (including phenoxy) is 3. The summed E-state index contributed by atoms with van der Waals surface area (Å²) in [6.07, 6.45) is 0.848. The minimum absolute atomic E-state index is 0.0258. The normalized spacial score (nSPS) is 16.6. The minimum atomic E-state index is -0.844. The molecule has 39 heavy (non-hydrogen) atoms. The molecule has 0 aromatic heterocycles. The van der Waals surface area contributed by atoms with Crippen molar-refractivity contribution in [3.05, 3.63) is 88.5 Å². The van der Waals surface area contributed by atoms with Crippen molar-refractivity contribution in [2.24, 2.45) is 0 Å². The minimum Gasteiger partial charge on any atom is -0.507 e. The fraction of sp³-hybridized carbons (Fsp3) is 0.312. The van der Waals surface area contributed by atoms with Gasteiger partial charge in [0, 0.05) is 17.3 Å². The van der Waals surface area contributed by atoms with Crippen molar-refractivity contribution in [3.63, 3.8) is 0 Å².